The van der Waals surface area contributed by atoms with Gasteiger partial charge < -0.3 is 16.0 Å². The van der Waals surface area contributed by atoms with E-state index in [9.17, 15) is 4.79 Å². The van der Waals surface area contributed by atoms with Gasteiger partial charge in [0.1, 0.15) is 12.4 Å². The number of tetrazole rings is 1. The number of carbonyl (C=O) groups excluding carboxylic acids is 1. The van der Waals surface area contributed by atoms with Gasteiger partial charge in [0.15, 0.2) is 0 Å². The number of hydrogen-bond acceptors (Lipinski definition) is 6. The van der Waals surface area contributed by atoms with Crippen LogP contribution >= 0.6 is 0 Å². The van der Waals surface area contributed by atoms with Gasteiger partial charge in [-0.05, 0) is 41.0 Å². The molecule has 0 aliphatic carbocycles. The summed E-state index contributed by atoms with van der Waals surface area (Å²) in [5, 5.41) is 13.6. The third-order valence-corrected chi connectivity index (χ3v) is 3.79. The molecule has 4 N–H and O–H groups in total. The van der Waals surface area contributed by atoms with Crippen molar-refractivity contribution in [2.45, 2.75) is 33.4 Å². The SMILES string of the molecule is Cc1ccc2nc([C@H](NC(=O)Cn3nnnc3N)C(C)C)[nH]c2c1. The first kappa shape index (κ1) is 15.9. The van der Waals surface area contributed by atoms with Gasteiger partial charge in [-0.3, -0.25) is 4.79 Å². The minimum atomic E-state index is -0.247. The highest BCUT2D eigenvalue weighted by molar-refractivity contribution is 5.78. The number of imidazole rings is 1. The Bertz CT molecular complexity index is 865. The van der Waals surface area contributed by atoms with Crippen LogP contribution in [0.4, 0.5) is 5.95 Å². The molecule has 126 valence electrons. The summed E-state index contributed by atoms with van der Waals surface area (Å²) < 4.78 is 1.24. The topological polar surface area (TPSA) is 127 Å². The Morgan fingerprint density at radius 1 is 1.42 bits per heavy atom. The molecule has 1 amide bonds. The van der Waals surface area contributed by atoms with Crippen LogP contribution in [-0.4, -0.2) is 36.1 Å². The number of fused-ring (bicyclic) bond motifs is 1. The number of amides is 1. The van der Waals surface area contributed by atoms with Crippen molar-refractivity contribution in [1.82, 2.24) is 35.5 Å². The second kappa shape index (κ2) is 6.26. The molecule has 9 heteroatoms. The van der Waals surface area contributed by atoms with E-state index in [1.54, 1.807) is 0 Å². The quantitative estimate of drug-likeness (QED) is 0.640. The molecule has 0 saturated heterocycles. The van der Waals surface area contributed by atoms with Crippen LogP contribution in [0.5, 0.6) is 0 Å². The zero-order valence-electron chi connectivity index (χ0n) is 13.8. The molecule has 9 nitrogen and oxygen atoms in total. The number of benzene rings is 1. The van der Waals surface area contributed by atoms with E-state index < -0.39 is 0 Å². The molecule has 0 fully saturated rings. The van der Waals surface area contributed by atoms with Gasteiger partial charge in [-0.1, -0.05) is 25.0 Å². The number of nitrogen functional groups attached to an aromatic ring is 1. The number of aryl methyl sites for hydroxylation is 1. The number of rotatable bonds is 5. The van der Waals surface area contributed by atoms with E-state index >= 15 is 0 Å². The maximum Gasteiger partial charge on any atom is 0.242 e. The largest absolute Gasteiger partial charge is 0.367 e. The summed E-state index contributed by atoms with van der Waals surface area (Å²) >= 11 is 0. The van der Waals surface area contributed by atoms with Crippen LogP contribution in [0.1, 0.15) is 31.3 Å². The number of hydrogen-bond donors (Lipinski definition) is 3. The lowest BCUT2D eigenvalue weighted by atomic mass is 10.0. The van der Waals surface area contributed by atoms with Crippen molar-refractivity contribution < 1.29 is 4.79 Å². The molecule has 0 unspecified atom stereocenters. The highest BCUT2D eigenvalue weighted by atomic mass is 16.2. The summed E-state index contributed by atoms with van der Waals surface area (Å²) in [7, 11) is 0. The van der Waals surface area contributed by atoms with Gasteiger partial charge in [0.2, 0.25) is 11.9 Å². The number of H-pyrrole nitrogens is 1. The smallest absolute Gasteiger partial charge is 0.242 e. The summed E-state index contributed by atoms with van der Waals surface area (Å²) in [6, 6.07) is 5.76. The summed E-state index contributed by atoms with van der Waals surface area (Å²) in [6.07, 6.45) is 0. The molecule has 0 spiro atoms. The molecule has 1 atom stereocenters. The average molecular weight is 328 g/mol. The van der Waals surface area contributed by atoms with Gasteiger partial charge in [-0.15, -0.1) is 0 Å². The van der Waals surface area contributed by atoms with Crippen molar-refractivity contribution in [3.63, 3.8) is 0 Å². The van der Waals surface area contributed by atoms with E-state index in [0.29, 0.717) is 0 Å². The lowest BCUT2D eigenvalue weighted by molar-refractivity contribution is -0.123. The summed E-state index contributed by atoms with van der Waals surface area (Å²) in [5.74, 6) is 0.750. The number of nitrogens with zero attached hydrogens (tertiary/aromatic N) is 5. The summed E-state index contributed by atoms with van der Waals surface area (Å²) in [6.45, 7) is 6.03. The first-order valence-electron chi connectivity index (χ1n) is 7.71. The molecule has 3 aromatic rings. The van der Waals surface area contributed by atoms with Gasteiger partial charge in [-0.2, -0.15) is 0 Å². The molecule has 0 bridgehead atoms. The maximum atomic E-state index is 12.3. The van der Waals surface area contributed by atoms with Gasteiger partial charge in [0.05, 0.1) is 17.1 Å². The number of aromatic nitrogens is 6. The van der Waals surface area contributed by atoms with Crippen molar-refractivity contribution in [1.29, 1.82) is 0 Å². The van der Waals surface area contributed by atoms with Crippen LogP contribution in [0, 0.1) is 12.8 Å². The zero-order valence-corrected chi connectivity index (χ0v) is 13.8. The fraction of sp³-hybridized carbons (Fsp3) is 0.400. The predicted molar refractivity (Wildman–Crippen MR) is 88.8 cm³/mol. The number of aromatic amines is 1. The average Bonchev–Trinajstić information content (AvgIpc) is 3.10. The molecule has 2 heterocycles. The number of carbonyl (C=O) groups is 1. The van der Waals surface area contributed by atoms with Crippen molar-refractivity contribution in [3.8, 4) is 0 Å². The first-order chi connectivity index (χ1) is 11.4. The zero-order chi connectivity index (χ0) is 17.3. The lowest BCUT2D eigenvalue weighted by Crippen LogP contribution is -2.35. The second-order valence-electron chi connectivity index (χ2n) is 6.13. The van der Waals surface area contributed by atoms with Crippen molar-refractivity contribution in [3.05, 3.63) is 29.6 Å². The summed E-state index contributed by atoms with van der Waals surface area (Å²) in [4.78, 5) is 20.2. The molecular formula is C15H20N8O. The molecule has 0 aliphatic heterocycles. The van der Waals surface area contributed by atoms with Crippen LogP contribution < -0.4 is 11.1 Å². The molecule has 0 radical (unpaired) electrons. The fourth-order valence-electron chi connectivity index (χ4n) is 2.52. The molecule has 3 rings (SSSR count). The Kier molecular flexibility index (Phi) is 4.15. The molecular weight excluding hydrogens is 308 g/mol. The third kappa shape index (κ3) is 3.19. The maximum absolute atomic E-state index is 12.3. The van der Waals surface area contributed by atoms with Crippen LogP contribution in [0.2, 0.25) is 0 Å². The van der Waals surface area contributed by atoms with E-state index in [1.807, 2.05) is 39.0 Å². The van der Waals surface area contributed by atoms with Crippen molar-refractivity contribution in [2.24, 2.45) is 5.92 Å². The Balaban J connectivity index is 1.80. The number of nitrogens with one attached hydrogen (secondary N) is 2. The molecule has 0 aliphatic rings. The lowest BCUT2D eigenvalue weighted by Gasteiger charge is -2.20. The van der Waals surface area contributed by atoms with E-state index in [1.165, 1.54) is 4.68 Å². The monoisotopic (exact) mass is 328 g/mol. The Labute approximate surface area is 138 Å². The van der Waals surface area contributed by atoms with Crippen LogP contribution in [0.3, 0.4) is 0 Å². The highest BCUT2D eigenvalue weighted by Crippen LogP contribution is 2.22. The molecule has 2 aromatic heterocycles. The van der Waals surface area contributed by atoms with E-state index in [2.05, 4.69) is 30.8 Å². The molecule has 1 aromatic carbocycles. The standard InChI is InChI=1S/C15H20N8O/c1-8(2)13(19-12(24)7-23-15(16)20-21-22-23)14-17-10-5-4-9(3)6-11(10)18-14/h4-6,8,13H,7H2,1-3H3,(H,17,18)(H,19,24)(H2,16,20,22)/t13-/m1/s1. The number of anilines is 1. The highest BCUT2D eigenvalue weighted by Gasteiger charge is 2.22. The van der Waals surface area contributed by atoms with Crippen LogP contribution in [-0.2, 0) is 11.3 Å². The van der Waals surface area contributed by atoms with E-state index in [-0.39, 0.29) is 30.4 Å². The predicted octanol–water partition coefficient (Wildman–Crippen LogP) is 0.954. The third-order valence-electron chi connectivity index (χ3n) is 3.79. The fourth-order valence-corrected chi connectivity index (χ4v) is 2.52. The Morgan fingerprint density at radius 3 is 2.88 bits per heavy atom. The van der Waals surface area contributed by atoms with E-state index in [4.69, 9.17) is 5.73 Å². The van der Waals surface area contributed by atoms with Crippen LogP contribution in [0.15, 0.2) is 18.2 Å². The first-order valence-corrected chi connectivity index (χ1v) is 7.71. The molecule has 0 saturated carbocycles. The van der Waals surface area contributed by atoms with Crippen molar-refractivity contribution in [2.75, 3.05) is 5.73 Å². The minimum absolute atomic E-state index is 0.0403. The Morgan fingerprint density at radius 2 is 2.21 bits per heavy atom. The molecule has 24 heavy (non-hydrogen) atoms. The normalized spacial score (nSPS) is 12.7. The van der Waals surface area contributed by atoms with Gasteiger partial charge in [-0.25, -0.2) is 9.67 Å². The van der Waals surface area contributed by atoms with E-state index in [0.717, 1.165) is 22.4 Å². The van der Waals surface area contributed by atoms with Gasteiger partial charge >= 0.3 is 0 Å². The van der Waals surface area contributed by atoms with Gasteiger partial charge in [0, 0.05) is 0 Å². The summed E-state index contributed by atoms with van der Waals surface area (Å²) in [5.41, 5.74) is 8.56. The number of nitrogens with two attached hydrogens (primary N) is 1. The second-order valence-corrected chi connectivity index (χ2v) is 6.13. The van der Waals surface area contributed by atoms with Crippen LogP contribution in [0.25, 0.3) is 11.0 Å². The van der Waals surface area contributed by atoms with Gasteiger partial charge in [0.25, 0.3) is 0 Å². The minimum Gasteiger partial charge on any atom is -0.367 e. The Hall–Kier alpha value is -2.97. The van der Waals surface area contributed by atoms with Crippen molar-refractivity contribution >= 4 is 22.9 Å².